The molecule has 4 nitrogen and oxygen atoms in total. The number of carbonyl (C=O) groups is 1. The van der Waals surface area contributed by atoms with Gasteiger partial charge in [-0.25, -0.2) is 0 Å². The van der Waals surface area contributed by atoms with Gasteiger partial charge in [0.15, 0.2) is 0 Å². The van der Waals surface area contributed by atoms with Gasteiger partial charge in [0.05, 0.1) is 5.92 Å². The van der Waals surface area contributed by atoms with Gasteiger partial charge in [-0.15, -0.1) is 12.4 Å². The van der Waals surface area contributed by atoms with Crippen molar-refractivity contribution in [1.82, 2.24) is 0 Å². The van der Waals surface area contributed by atoms with Crippen molar-refractivity contribution in [2.24, 2.45) is 11.7 Å². The Hall–Kier alpha value is -1.75. The predicted octanol–water partition coefficient (Wildman–Crippen LogP) is 4.48. The van der Waals surface area contributed by atoms with Gasteiger partial charge in [0.25, 0.3) is 0 Å². The first-order chi connectivity index (χ1) is 11.5. The molecule has 1 unspecified atom stereocenters. The zero-order chi connectivity index (χ0) is 17.5. The summed E-state index contributed by atoms with van der Waals surface area (Å²) in [7, 11) is 0. The van der Waals surface area contributed by atoms with Crippen LogP contribution < -0.4 is 15.8 Å². The Bertz CT molecular complexity index is 675. The summed E-state index contributed by atoms with van der Waals surface area (Å²) in [6.45, 7) is 4.98. The Labute approximate surface area is 160 Å². The van der Waals surface area contributed by atoms with E-state index in [1.54, 1.807) is 6.07 Å². The number of nitrogens with two attached hydrogens (primary N) is 1. The minimum absolute atomic E-state index is 0. The molecule has 0 radical (unpaired) electrons. The van der Waals surface area contributed by atoms with Gasteiger partial charge in [-0.2, -0.15) is 0 Å². The lowest BCUT2D eigenvalue weighted by molar-refractivity contribution is -0.118. The number of halogens is 2. The van der Waals surface area contributed by atoms with Crippen molar-refractivity contribution >= 4 is 35.6 Å². The van der Waals surface area contributed by atoms with Crippen molar-refractivity contribution in [2.75, 3.05) is 18.5 Å². The van der Waals surface area contributed by atoms with Crippen molar-refractivity contribution < 1.29 is 9.53 Å². The van der Waals surface area contributed by atoms with E-state index in [4.69, 9.17) is 22.1 Å². The summed E-state index contributed by atoms with van der Waals surface area (Å²) in [5.41, 5.74) is 7.05. The van der Waals surface area contributed by atoms with Crippen LogP contribution >= 0.6 is 24.0 Å². The second-order valence-electron chi connectivity index (χ2n) is 5.93. The van der Waals surface area contributed by atoms with E-state index in [0.29, 0.717) is 18.2 Å². The molecule has 2 rings (SSSR count). The first kappa shape index (κ1) is 21.3. The molecule has 1 amide bonds. The quantitative estimate of drug-likeness (QED) is 0.741. The van der Waals surface area contributed by atoms with Gasteiger partial charge in [0, 0.05) is 17.3 Å². The zero-order valence-electron chi connectivity index (χ0n) is 14.4. The fourth-order valence-electron chi connectivity index (χ4n) is 2.57. The molecule has 2 aromatic carbocycles. The standard InChI is InChI=1S/C19H23ClN2O2.ClH/c1-13(2)18(14-4-3-5-15(20)12-14)19(23)22-16-6-8-17(9-7-16)24-11-10-21;/h3-9,12-13,18H,10-11,21H2,1-2H3,(H,22,23);1H. The molecule has 0 aliphatic heterocycles. The van der Waals surface area contributed by atoms with Crippen LogP contribution in [0.2, 0.25) is 5.02 Å². The van der Waals surface area contributed by atoms with E-state index in [0.717, 1.165) is 17.0 Å². The number of benzene rings is 2. The molecule has 0 aliphatic carbocycles. The van der Waals surface area contributed by atoms with E-state index in [9.17, 15) is 4.79 Å². The molecule has 136 valence electrons. The molecular weight excluding hydrogens is 359 g/mol. The Morgan fingerprint density at radius 3 is 2.44 bits per heavy atom. The SMILES string of the molecule is CC(C)C(C(=O)Nc1ccc(OCCN)cc1)c1cccc(Cl)c1.Cl. The average Bonchev–Trinajstić information content (AvgIpc) is 2.54. The third-order valence-electron chi connectivity index (χ3n) is 3.67. The number of amides is 1. The minimum Gasteiger partial charge on any atom is -0.492 e. The smallest absolute Gasteiger partial charge is 0.232 e. The van der Waals surface area contributed by atoms with Crippen LogP contribution in [-0.2, 0) is 4.79 Å². The highest BCUT2D eigenvalue weighted by Crippen LogP contribution is 2.28. The van der Waals surface area contributed by atoms with Crippen LogP contribution in [0.1, 0.15) is 25.3 Å². The molecule has 0 bridgehead atoms. The second kappa shape index (κ2) is 10.3. The molecule has 3 N–H and O–H groups in total. The van der Waals surface area contributed by atoms with Crippen LogP contribution in [0.4, 0.5) is 5.69 Å². The fraction of sp³-hybridized carbons (Fsp3) is 0.316. The highest BCUT2D eigenvalue weighted by molar-refractivity contribution is 6.30. The maximum atomic E-state index is 12.7. The lowest BCUT2D eigenvalue weighted by Gasteiger charge is -2.21. The van der Waals surface area contributed by atoms with Crippen LogP contribution in [0.25, 0.3) is 0 Å². The minimum atomic E-state index is -0.267. The molecular formula is C19H24Cl2N2O2. The summed E-state index contributed by atoms with van der Waals surface area (Å²) < 4.78 is 5.43. The van der Waals surface area contributed by atoms with Gasteiger partial charge < -0.3 is 15.8 Å². The summed E-state index contributed by atoms with van der Waals surface area (Å²) in [6, 6.07) is 14.7. The van der Waals surface area contributed by atoms with E-state index >= 15 is 0 Å². The molecule has 0 aliphatic rings. The topological polar surface area (TPSA) is 64.3 Å². The Balaban J connectivity index is 0.00000312. The first-order valence-electron chi connectivity index (χ1n) is 8.00. The average molecular weight is 383 g/mol. The van der Waals surface area contributed by atoms with Crippen molar-refractivity contribution in [3.8, 4) is 5.75 Å². The Morgan fingerprint density at radius 1 is 1.20 bits per heavy atom. The summed E-state index contributed by atoms with van der Waals surface area (Å²) in [5.74, 6) is 0.559. The molecule has 1 atom stereocenters. The lowest BCUT2D eigenvalue weighted by atomic mass is 9.87. The van der Waals surface area contributed by atoms with Crippen LogP contribution in [-0.4, -0.2) is 19.1 Å². The number of hydrogen-bond donors (Lipinski definition) is 2. The maximum absolute atomic E-state index is 12.7. The molecule has 0 fully saturated rings. The molecule has 2 aromatic rings. The highest BCUT2D eigenvalue weighted by atomic mass is 35.5. The van der Waals surface area contributed by atoms with Crippen LogP contribution in [0, 0.1) is 5.92 Å². The van der Waals surface area contributed by atoms with Gasteiger partial charge in [0.2, 0.25) is 5.91 Å². The van der Waals surface area contributed by atoms with Crippen LogP contribution in [0.3, 0.4) is 0 Å². The predicted molar refractivity (Wildman–Crippen MR) is 106 cm³/mol. The summed E-state index contributed by atoms with van der Waals surface area (Å²) in [6.07, 6.45) is 0. The van der Waals surface area contributed by atoms with E-state index in [1.807, 2.05) is 56.3 Å². The highest BCUT2D eigenvalue weighted by Gasteiger charge is 2.24. The number of anilines is 1. The van der Waals surface area contributed by atoms with Crippen molar-refractivity contribution in [1.29, 1.82) is 0 Å². The largest absolute Gasteiger partial charge is 0.492 e. The third-order valence-corrected chi connectivity index (χ3v) is 3.90. The molecule has 6 heteroatoms. The number of nitrogens with one attached hydrogen (secondary N) is 1. The summed E-state index contributed by atoms with van der Waals surface area (Å²) >= 11 is 6.06. The molecule has 0 saturated carbocycles. The van der Waals surface area contributed by atoms with Gasteiger partial charge in [0.1, 0.15) is 12.4 Å². The van der Waals surface area contributed by atoms with Gasteiger partial charge in [-0.1, -0.05) is 37.6 Å². The number of carbonyl (C=O) groups excluding carboxylic acids is 1. The molecule has 0 saturated heterocycles. The normalized spacial score (nSPS) is 11.6. The molecule has 0 aromatic heterocycles. The molecule has 0 spiro atoms. The van der Waals surface area contributed by atoms with Gasteiger partial charge in [-0.05, 0) is 47.9 Å². The monoisotopic (exact) mass is 382 g/mol. The van der Waals surface area contributed by atoms with Gasteiger partial charge in [-0.3, -0.25) is 4.79 Å². The second-order valence-corrected chi connectivity index (χ2v) is 6.36. The fourth-order valence-corrected chi connectivity index (χ4v) is 2.77. The first-order valence-corrected chi connectivity index (χ1v) is 8.38. The number of ether oxygens (including phenoxy) is 1. The summed E-state index contributed by atoms with van der Waals surface area (Å²) in [5, 5.41) is 3.59. The van der Waals surface area contributed by atoms with Crippen LogP contribution in [0.15, 0.2) is 48.5 Å². The Morgan fingerprint density at radius 2 is 1.88 bits per heavy atom. The molecule has 0 heterocycles. The number of hydrogen-bond acceptors (Lipinski definition) is 3. The van der Waals surface area contributed by atoms with Crippen LogP contribution in [0.5, 0.6) is 5.75 Å². The van der Waals surface area contributed by atoms with E-state index in [1.165, 1.54) is 0 Å². The summed E-state index contributed by atoms with van der Waals surface area (Å²) in [4.78, 5) is 12.7. The van der Waals surface area contributed by atoms with E-state index in [2.05, 4.69) is 5.32 Å². The van der Waals surface area contributed by atoms with Crippen molar-refractivity contribution in [3.05, 3.63) is 59.1 Å². The lowest BCUT2D eigenvalue weighted by Crippen LogP contribution is -2.25. The zero-order valence-corrected chi connectivity index (χ0v) is 15.9. The van der Waals surface area contributed by atoms with E-state index in [-0.39, 0.29) is 30.2 Å². The Kier molecular flexibility index (Phi) is 8.76. The maximum Gasteiger partial charge on any atom is 0.232 e. The van der Waals surface area contributed by atoms with Crippen molar-refractivity contribution in [3.63, 3.8) is 0 Å². The van der Waals surface area contributed by atoms with Gasteiger partial charge >= 0.3 is 0 Å². The number of rotatable bonds is 7. The van der Waals surface area contributed by atoms with Crippen molar-refractivity contribution in [2.45, 2.75) is 19.8 Å². The third kappa shape index (κ3) is 6.24. The van der Waals surface area contributed by atoms with E-state index < -0.39 is 0 Å². The molecule has 25 heavy (non-hydrogen) atoms.